The molecular formula is C8H8F5N3O2. The summed E-state index contributed by atoms with van der Waals surface area (Å²) in [6.45, 7) is -1.98. The summed E-state index contributed by atoms with van der Waals surface area (Å²) < 4.78 is 59.8. The minimum atomic E-state index is -5.72. The highest BCUT2D eigenvalue weighted by Gasteiger charge is 2.58. The maximum Gasteiger partial charge on any atom is 0.455 e. The lowest BCUT2D eigenvalue weighted by Gasteiger charge is -2.18. The number of amides is 1. The molecule has 0 radical (unpaired) electrons. The van der Waals surface area contributed by atoms with E-state index in [1.54, 1.807) is 0 Å². The topological polar surface area (TPSA) is 67.0 Å². The van der Waals surface area contributed by atoms with E-state index in [0.717, 1.165) is 0 Å². The molecule has 5 nitrogen and oxygen atoms in total. The van der Waals surface area contributed by atoms with Crippen LogP contribution >= 0.6 is 0 Å². The van der Waals surface area contributed by atoms with E-state index in [4.69, 9.17) is 0 Å². The van der Waals surface area contributed by atoms with Gasteiger partial charge in [0.25, 0.3) is 0 Å². The number of aromatic nitrogens is 2. The largest absolute Gasteiger partial charge is 0.455 e. The monoisotopic (exact) mass is 273 g/mol. The number of carbonyl (C=O) groups is 1. The highest BCUT2D eigenvalue weighted by molar-refractivity contribution is 5.76. The molecule has 0 aliphatic carbocycles. The fourth-order valence-corrected chi connectivity index (χ4v) is 0.881. The van der Waals surface area contributed by atoms with E-state index in [-0.39, 0.29) is 6.42 Å². The summed E-state index contributed by atoms with van der Waals surface area (Å²) in [5.41, 5.74) is 1.84. The molecule has 1 heterocycles. The molecule has 0 aliphatic rings. The van der Waals surface area contributed by atoms with E-state index in [2.05, 4.69) is 15.0 Å². The second-order valence-corrected chi connectivity index (χ2v) is 3.27. The van der Waals surface area contributed by atoms with Gasteiger partial charge in [0.15, 0.2) is 0 Å². The fraction of sp³-hybridized carbons (Fsp3) is 0.500. The Kier molecular flexibility index (Phi) is 4.22. The first-order valence-corrected chi connectivity index (χ1v) is 4.56. The first-order chi connectivity index (χ1) is 8.22. The highest BCUT2D eigenvalue weighted by Crippen LogP contribution is 2.35. The summed E-state index contributed by atoms with van der Waals surface area (Å²) in [5, 5.41) is 5.92. The predicted molar refractivity (Wildman–Crippen MR) is 47.4 cm³/mol. The number of hydrogen-bond acceptors (Lipinski definition) is 3. The number of H-pyrrole nitrogens is 1. The molecule has 0 unspecified atom stereocenters. The molecular weight excluding hydrogens is 265 g/mol. The molecule has 1 aromatic heterocycles. The Balaban J connectivity index is 2.32. The lowest BCUT2D eigenvalue weighted by molar-refractivity contribution is -0.300. The molecule has 0 spiro atoms. The number of halogens is 5. The molecule has 0 saturated heterocycles. The van der Waals surface area contributed by atoms with Gasteiger partial charge in [0.2, 0.25) is 5.91 Å². The number of aromatic amines is 1. The maximum atomic E-state index is 12.3. The smallest absolute Gasteiger partial charge is 0.282 e. The number of hydroxylamine groups is 1. The van der Waals surface area contributed by atoms with Crippen molar-refractivity contribution in [3.63, 3.8) is 0 Å². The van der Waals surface area contributed by atoms with Crippen LogP contribution in [0.2, 0.25) is 0 Å². The van der Waals surface area contributed by atoms with Crippen LogP contribution in [0.4, 0.5) is 22.0 Å². The SMILES string of the molecule is O=C(Cc1ccn[nH]1)NOCC(F)(F)C(F)(F)F. The van der Waals surface area contributed by atoms with Crippen molar-refractivity contribution in [2.45, 2.75) is 18.5 Å². The minimum absolute atomic E-state index is 0.280. The van der Waals surface area contributed by atoms with Crippen LogP contribution in [0.15, 0.2) is 12.3 Å². The van der Waals surface area contributed by atoms with E-state index in [0.29, 0.717) is 5.69 Å². The molecule has 0 fully saturated rings. The zero-order valence-corrected chi connectivity index (χ0v) is 8.72. The lowest BCUT2D eigenvalue weighted by atomic mass is 10.3. The number of nitrogens with one attached hydrogen (secondary N) is 2. The van der Waals surface area contributed by atoms with Crippen LogP contribution in [0, 0.1) is 0 Å². The summed E-state index contributed by atoms with van der Waals surface area (Å²) in [4.78, 5) is 14.9. The molecule has 102 valence electrons. The quantitative estimate of drug-likeness (QED) is 0.625. The van der Waals surface area contributed by atoms with Crippen LogP contribution in [-0.4, -0.2) is 34.8 Å². The van der Waals surface area contributed by atoms with Crippen LogP contribution in [0.1, 0.15) is 5.69 Å². The first-order valence-electron chi connectivity index (χ1n) is 4.56. The zero-order valence-electron chi connectivity index (χ0n) is 8.72. The van der Waals surface area contributed by atoms with Gasteiger partial charge in [-0.05, 0) is 6.07 Å². The van der Waals surface area contributed by atoms with Crippen molar-refractivity contribution in [2.24, 2.45) is 0 Å². The molecule has 0 bridgehead atoms. The van der Waals surface area contributed by atoms with E-state index in [1.165, 1.54) is 17.7 Å². The number of hydrogen-bond donors (Lipinski definition) is 2. The van der Waals surface area contributed by atoms with Crippen molar-refractivity contribution in [1.29, 1.82) is 0 Å². The molecule has 18 heavy (non-hydrogen) atoms. The first kappa shape index (κ1) is 14.4. The van der Waals surface area contributed by atoms with E-state index >= 15 is 0 Å². The molecule has 0 aromatic carbocycles. The van der Waals surface area contributed by atoms with Gasteiger partial charge in [0, 0.05) is 11.9 Å². The van der Waals surface area contributed by atoms with Crippen molar-refractivity contribution in [3.05, 3.63) is 18.0 Å². The van der Waals surface area contributed by atoms with Crippen LogP contribution < -0.4 is 5.48 Å². The third-order valence-corrected chi connectivity index (χ3v) is 1.76. The molecule has 0 atom stereocenters. The third kappa shape index (κ3) is 3.95. The Bertz CT molecular complexity index is 390. The van der Waals surface area contributed by atoms with E-state index in [9.17, 15) is 26.7 Å². The number of carbonyl (C=O) groups excluding carboxylic acids is 1. The van der Waals surface area contributed by atoms with Gasteiger partial charge in [-0.2, -0.15) is 27.1 Å². The van der Waals surface area contributed by atoms with Crippen LogP contribution in [-0.2, 0) is 16.1 Å². The van der Waals surface area contributed by atoms with Crippen LogP contribution in [0.5, 0.6) is 0 Å². The Morgan fingerprint density at radius 3 is 2.56 bits per heavy atom. The molecule has 0 aliphatic heterocycles. The van der Waals surface area contributed by atoms with Gasteiger partial charge in [-0.15, -0.1) is 0 Å². The van der Waals surface area contributed by atoms with E-state index in [1.807, 2.05) is 0 Å². The average molecular weight is 273 g/mol. The predicted octanol–water partition coefficient (Wildman–Crippen LogP) is 1.20. The average Bonchev–Trinajstić information content (AvgIpc) is 2.68. The van der Waals surface area contributed by atoms with Crippen molar-refractivity contribution in [3.8, 4) is 0 Å². The second kappa shape index (κ2) is 5.29. The van der Waals surface area contributed by atoms with Crippen LogP contribution in [0.25, 0.3) is 0 Å². The van der Waals surface area contributed by atoms with Crippen molar-refractivity contribution in [2.75, 3.05) is 6.61 Å². The van der Waals surface area contributed by atoms with Gasteiger partial charge in [-0.3, -0.25) is 14.7 Å². The lowest BCUT2D eigenvalue weighted by Crippen LogP contribution is -2.43. The van der Waals surface area contributed by atoms with Crippen LogP contribution in [0.3, 0.4) is 0 Å². The Morgan fingerprint density at radius 1 is 1.39 bits per heavy atom. The Labute approximate surface area is 97.3 Å². The highest BCUT2D eigenvalue weighted by atomic mass is 19.4. The summed E-state index contributed by atoms with van der Waals surface area (Å²) >= 11 is 0. The normalized spacial score (nSPS) is 12.5. The van der Waals surface area contributed by atoms with E-state index < -0.39 is 24.6 Å². The molecule has 2 N–H and O–H groups in total. The number of rotatable bonds is 5. The second-order valence-electron chi connectivity index (χ2n) is 3.27. The summed E-state index contributed by atoms with van der Waals surface area (Å²) in [7, 11) is 0. The molecule has 10 heteroatoms. The zero-order chi connectivity index (χ0) is 13.8. The molecule has 1 amide bonds. The third-order valence-electron chi connectivity index (χ3n) is 1.76. The summed E-state index contributed by atoms with van der Waals surface area (Å²) in [6.07, 6.45) is -4.65. The van der Waals surface area contributed by atoms with Gasteiger partial charge in [-0.1, -0.05) is 0 Å². The van der Waals surface area contributed by atoms with Gasteiger partial charge < -0.3 is 0 Å². The van der Waals surface area contributed by atoms with Crippen molar-refractivity contribution < 1.29 is 31.6 Å². The number of nitrogens with zero attached hydrogens (tertiary/aromatic N) is 1. The van der Waals surface area contributed by atoms with Gasteiger partial charge >= 0.3 is 12.1 Å². The van der Waals surface area contributed by atoms with Gasteiger partial charge in [0.1, 0.15) is 6.61 Å². The van der Waals surface area contributed by atoms with Gasteiger partial charge in [0.05, 0.1) is 6.42 Å². The fourth-order valence-electron chi connectivity index (χ4n) is 0.881. The summed E-state index contributed by atoms with van der Waals surface area (Å²) in [6, 6.07) is 1.43. The molecule has 1 aromatic rings. The Hall–Kier alpha value is -1.71. The number of alkyl halides is 5. The maximum absolute atomic E-state index is 12.3. The van der Waals surface area contributed by atoms with Crippen molar-refractivity contribution >= 4 is 5.91 Å². The minimum Gasteiger partial charge on any atom is -0.282 e. The van der Waals surface area contributed by atoms with Crippen molar-refractivity contribution in [1.82, 2.24) is 15.7 Å². The molecule has 0 saturated carbocycles. The van der Waals surface area contributed by atoms with Gasteiger partial charge in [-0.25, -0.2) is 5.48 Å². The Morgan fingerprint density at radius 2 is 2.06 bits per heavy atom. The summed E-state index contributed by atoms with van der Waals surface area (Å²) in [5.74, 6) is -5.90. The standard InChI is InChI=1S/C8H8F5N3O2/c9-7(10,8(11,12)13)4-18-16-6(17)3-5-1-2-14-15-5/h1-2H,3-4H2,(H,14,15)(H,16,17). The molecule has 1 rings (SSSR count).